The zero-order valence-corrected chi connectivity index (χ0v) is 12.0. The van der Waals surface area contributed by atoms with Crippen molar-refractivity contribution in [2.75, 3.05) is 43.8 Å². The highest BCUT2D eigenvalue weighted by Crippen LogP contribution is 2.31. The third kappa shape index (κ3) is 3.26. The number of hydrogen-bond acceptors (Lipinski definition) is 6. The maximum atomic E-state index is 5.18. The minimum Gasteiger partial charge on any atom is -0.383 e. The van der Waals surface area contributed by atoms with E-state index in [-0.39, 0.29) is 0 Å². The minimum absolute atomic E-state index is 0.620. The summed E-state index contributed by atoms with van der Waals surface area (Å²) in [6.07, 6.45) is 4.49. The lowest BCUT2D eigenvalue weighted by Crippen LogP contribution is -2.30. The van der Waals surface area contributed by atoms with Gasteiger partial charge in [-0.05, 0) is 19.1 Å². The summed E-state index contributed by atoms with van der Waals surface area (Å²) in [6.45, 7) is 1.61. The van der Waals surface area contributed by atoms with Crippen LogP contribution in [0, 0.1) is 0 Å². The number of ether oxygens (including phenoxy) is 1. The highest BCUT2D eigenvalue weighted by atomic mass is 32.2. The SMILES string of the molecule is CNc1cc(N(CCOC)C2CC2)nc(SC)n1. The van der Waals surface area contributed by atoms with Crippen molar-refractivity contribution in [2.24, 2.45) is 0 Å². The van der Waals surface area contributed by atoms with E-state index >= 15 is 0 Å². The van der Waals surface area contributed by atoms with Crippen molar-refractivity contribution in [3.05, 3.63) is 6.07 Å². The highest BCUT2D eigenvalue weighted by Gasteiger charge is 2.30. The molecule has 18 heavy (non-hydrogen) atoms. The molecule has 0 aromatic carbocycles. The quantitative estimate of drug-likeness (QED) is 0.602. The van der Waals surface area contributed by atoms with Gasteiger partial charge in [0, 0.05) is 32.8 Å². The molecule has 1 N–H and O–H groups in total. The fourth-order valence-electron chi connectivity index (χ4n) is 1.84. The van der Waals surface area contributed by atoms with Crippen molar-refractivity contribution in [3.63, 3.8) is 0 Å². The van der Waals surface area contributed by atoms with E-state index in [2.05, 4.69) is 20.2 Å². The van der Waals surface area contributed by atoms with E-state index in [1.807, 2.05) is 19.4 Å². The molecule has 0 unspecified atom stereocenters. The molecule has 1 aliphatic carbocycles. The summed E-state index contributed by atoms with van der Waals surface area (Å²) in [5.41, 5.74) is 0. The minimum atomic E-state index is 0.620. The molecule has 0 spiro atoms. The van der Waals surface area contributed by atoms with E-state index in [4.69, 9.17) is 4.74 Å². The first-order chi connectivity index (χ1) is 8.78. The maximum absolute atomic E-state index is 5.18. The molecular weight excluding hydrogens is 248 g/mol. The number of aromatic nitrogens is 2. The van der Waals surface area contributed by atoms with Gasteiger partial charge in [0.05, 0.1) is 6.61 Å². The summed E-state index contributed by atoms with van der Waals surface area (Å²) >= 11 is 1.57. The first-order valence-corrected chi connectivity index (χ1v) is 7.37. The summed E-state index contributed by atoms with van der Waals surface area (Å²) in [5.74, 6) is 1.87. The molecule has 0 saturated heterocycles. The number of rotatable bonds is 7. The molecule has 1 fully saturated rings. The molecule has 6 heteroatoms. The lowest BCUT2D eigenvalue weighted by Gasteiger charge is -2.23. The van der Waals surface area contributed by atoms with Gasteiger partial charge in [0.25, 0.3) is 0 Å². The van der Waals surface area contributed by atoms with Crippen LogP contribution in [-0.4, -0.2) is 49.6 Å². The summed E-state index contributed by atoms with van der Waals surface area (Å²) in [4.78, 5) is 11.3. The van der Waals surface area contributed by atoms with Crippen molar-refractivity contribution in [2.45, 2.75) is 24.0 Å². The number of methoxy groups -OCH3 is 1. The van der Waals surface area contributed by atoms with Gasteiger partial charge in [0.15, 0.2) is 5.16 Å². The van der Waals surface area contributed by atoms with E-state index < -0.39 is 0 Å². The van der Waals surface area contributed by atoms with E-state index in [9.17, 15) is 0 Å². The lowest BCUT2D eigenvalue weighted by atomic mass is 10.4. The van der Waals surface area contributed by atoms with Gasteiger partial charge in [0.2, 0.25) is 0 Å². The second-order valence-electron chi connectivity index (χ2n) is 4.27. The molecular formula is C12H20N4OS. The summed E-state index contributed by atoms with van der Waals surface area (Å²) in [5, 5.41) is 3.90. The van der Waals surface area contributed by atoms with Crippen molar-refractivity contribution in [1.29, 1.82) is 0 Å². The third-order valence-corrected chi connectivity index (χ3v) is 3.50. The molecule has 1 aliphatic rings. The molecule has 0 radical (unpaired) electrons. The van der Waals surface area contributed by atoms with Gasteiger partial charge in [-0.25, -0.2) is 9.97 Å². The molecule has 100 valence electrons. The predicted octanol–water partition coefficient (Wildman–Crippen LogP) is 1.86. The molecule has 1 aromatic rings. The van der Waals surface area contributed by atoms with E-state index in [0.717, 1.165) is 29.9 Å². The molecule has 0 amide bonds. The Balaban J connectivity index is 2.22. The zero-order valence-electron chi connectivity index (χ0n) is 11.1. The van der Waals surface area contributed by atoms with Gasteiger partial charge in [-0.2, -0.15) is 0 Å². The molecule has 2 rings (SSSR count). The van der Waals surface area contributed by atoms with Crippen molar-refractivity contribution >= 4 is 23.4 Å². The predicted molar refractivity (Wildman–Crippen MR) is 75.6 cm³/mol. The van der Waals surface area contributed by atoms with Crippen LogP contribution in [-0.2, 0) is 4.74 Å². The first kappa shape index (κ1) is 13.4. The number of anilines is 2. The summed E-state index contributed by atoms with van der Waals surface area (Å²) < 4.78 is 5.18. The summed E-state index contributed by atoms with van der Waals surface area (Å²) in [7, 11) is 3.62. The number of hydrogen-bond donors (Lipinski definition) is 1. The molecule has 1 aromatic heterocycles. The Morgan fingerprint density at radius 2 is 2.28 bits per heavy atom. The van der Waals surface area contributed by atoms with Crippen LogP contribution in [0.3, 0.4) is 0 Å². The smallest absolute Gasteiger partial charge is 0.191 e. The zero-order chi connectivity index (χ0) is 13.0. The van der Waals surface area contributed by atoms with Crippen LogP contribution in [0.4, 0.5) is 11.6 Å². The van der Waals surface area contributed by atoms with Gasteiger partial charge in [-0.1, -0.05) is 11.8 Å². The Hall–Kier alpha value is -1.01. The van der Waals surface area contributed by atoms with Crippen LogP contribution in [0.25, 0.3) is 0 Å². The average Bonchev–Trinajstić information content (AvgIpc) is 3.23. The van der Waals surface area contributed by atoms with Gasteiger partial charge in [-0.3, -0.25) is 0 Å². The monoisotopic (exact) mass is 268 g/mol. The maximum Gasteiger partial charge on any atom is 0.191 e. The highest BCUT2D eigenvalue weighted by molar-refractivity contribution is 7.98. The molecule has 5 nitrogen and oxygen atoms in total. The topological polar surface area (TPSA) is 50.3 Å². The van der Waals surface area contributed by atoms with Crippen LogP contribution in [0.2, 0.25) is 0 Å². The van der Waals surface area contributed by atoms with Crippen molar-refractivity contribution < 1.29 is 4.74 Å². The van der Waals surface area contributed by atoms with Crippen molar-refractivity contribution in [3.8, 4) is 0 Å². The van der Waals surface area contributed by atoms with E-state index in [1.54, 1.807) is 18.9 Å². The fourth-order valence-corrected chi connectivity index (χ4v) is 2.21. The molecule has 1 heterocycles. The largest absolute Gasteiger partial charge is 0.383 e. The first-order valence-electron chi connectivity index (χ1n) is 6.15. The number of nitrogens with one attached hydrogen (secondary N) is 1. The number of thioether (sulfide) groups is 1. The van der Waals surface area contributed by atoms with E-state index in [1.165, 1.54) is 12.8 Å². The van der Waals surface area contributed by atoms with Gasteiger partial charge in [0.1, 0.15) is 11.6 Å². The Kier molecular flexibility index (Phi) is 4.66. The fraction of sp³-hybridized carbons (Fsp3) is 0.667. The normalized spacial score (nSPS) is 14.6. The Bertz CT molecular complexity index is 375. The Morgan fingerprint density at radius 3 is 2.83 bits per heavy atom. The van der Waals surface area contributed by atoms with Crippen LogP contribution >= 0.6 is 11.8 Å². The second kappa shape index (κ2) is 6.24. The Morgan fingerprint density at radius 1 is 1.50 bits per heavy atom. The second-order valence-corrected chi connectivity index (χ2v) is 5.04. The van der Waals surface area contributed by atoms with Crippen LogP contribution in [0.15, 0.2) is 11.2 Å². The lowest BCUT2D eigenvalue weighted by molar-refractivity contribution is 0.204. The summed E-state index contributed by atoms with van der Waals surface area (Å²) in [6, 6.07) is 2.63. The van der Waals surface area contributed by atoms with Crippen LogP contribution in [0.1, 0.15) is 12.8 Å². The van der Waals surface area contributed by atoms with E-state index in [0.29, 0.717) is 6.04 Å². The van der Waals surface area contributed by atoms with Crippen molar-refractivity contribution in [1.82, 2.24) is 9.97 Å². The van der Waals surface area contributed by atoms with Crippen LogP contribution < -0.4 is 10.2 Å². The molecule has 0 bridgehead atoms. The van der Waals surface area contributed by atoms with Gasteiger partial charge >= 0.3 is 0 Å². The van der Waals surface area contributed by atoms with Crippen LogP contribution in [0.5, 0.6) is 0 Å². The van der Waals surface area contributed by atoms with Gasteiger partial charge in [-0.15, -0.1) is 0 Å². The van der Waals surface area contributed by atoms with Gasteiger partial charge < -0.3 is 15.0 Å². The third-order valence-electron chi connectivity index (χ3n) is 2.95. The Labute approximate surface area is 112 Å². The number of nitrogens with zero attached hydrogens (tertiary/aromatic N) is 3. The molecule has 0 atom stereocenters. The average molecular weight is 268 g/mol. The molecule has 0 aliphatic heterocycles. The molecule has 1 saturated carbocycles. The standard InChI is InChI=1S/C12H20N4OS/c1-13-10-8-11(15-12(14-10)18-3)16(6-7-17-2)9-4-5-9/h8-9H,4-7H2,1-3H3,(H,13,14,15).